The maximum atomic E-state index is 10.7. The Hall–Kier alpha value is -2.55. The monoisotopic (exact) mass is 448 g/mol. The Kier molecular flexibility index (Phi) is 10.5. The minimum atomic E-state index is -0.732. The maximum absolute atomic E-state index is 10.7. The van der Waals surface area contributed by atoms with Crippen LogP contribution in [-0.4, -0.2) is 17.7 Å². The molecule has 3 heteroatoms. The fourth-order valence-corrected chi connectivity index (χ4v) is 4.66. The summed E-state index contributed by atoms with van der Waals surface area (Å²) in [7, 11) is 0. The second-order valence-corrected chi connectivity index (χ2v) is 9.46. The molecule has 0 aliphatic heterocycles. The van der Waals surface area contributed by atoms with Gasteiger partial charge in [0.25, 0.3) is 0 Å². The van der Waals surface area contributed by atoms with Crippen LogP contribution >= 0.6 is 0 Å². The molecule has 0 saturated carbocycles. The van der Waals surface area contributed by atoms with Gasteiger partial charge >= 0.3 is 5.97 Å². The van der Waals surface area contributed by atoms with Gasteiger partial charge in [0.2, 0.25) is 0 Å². The fourth-order valence-electron chi connectivity index (χ4n) is 4.66. The lowest BCUT2D eigenvalue weighted by Gasteiger charge is -2.19. The number of rotatable bonds is 8. The molecule has 0 radical (unpaired) electrons. The molecular weight excluding hydrogens is 408 g/mol. The van der Waals surface area contributed by atoms with Crippen molar-refractivity contribution in [2.45, 2.75) is 90.4 Å². The normalized spacial score (nSPS) is 18.2. The van der Waals surface area contributed by atoms with Crippen molar-refractivity contribution in [1.82, 2.24) is 0 Å². The predicted molar refractivity (Wildman–Crippen MR) is 137 cm³/mol. The minimum Gasteiger partial charge on any atom is -0.489 e. The highest BCUT2D eigenvalue weighted by Gasteiger charge is 2.12. The zero-order valence-electron chi connectivity index (χ0n) is 20.3. The van der Waals surface area contributed by atoms with E-state index in [0.717, 1.165) is 30.6 Å². The van der Waals surface area contributed by atoms with Gasteiger partial charge in [0, 0.05) is 6.42 Å². The molecule has 0 unspecified atom stereocenters. The first kappa shape index (κ1) is 25.1. The number of carboxylic acid groups (broad SMARTS) is 1. The molecule has 3 rings (SSSR count). The first-order valence-electron chi connectivity index (χ1n) is 12.8. The van der Waals surface area contributed by atoms with Crippen molar-refractivity contribution < 1.29 is 14.6 Å². The largest absolute Gasteiger partial charge is 0.489 e. The van der Waals surface area contributed by atoms with Crippen LogP contribution in [0.25, 0.3) is 5.57 Å². The lowest BCUT2D eigenvalue weighted by atomic mass is 9.90. The standard InChI is InChI=1S/C30H40O3/c1-24-15-19-26(20-16-24)29-13-9-7-5-3-2-4-6-8-12-27(29)23-33-28-21-17-25(18-22-28)11-10-14-30(31)32/h15-22H,2-14,23H2,1H3,(H,31,32)/b29-27+. The summed E-state index contributed by atoms with van der Waals surface area (Å²) in [6.45, 7) is 2.79. The molecule has 1 aliphatic carbocycles. The second kappa shape index (κ2) is 13.9. The number of carboxylic acids is 1. The van der Waals surface area contributed by atoms with Crippen LogP contribution in [0, 0.1) is 6.92 Å². The summed E-state index contributed by atoms with van der Waals surface area (Å²) >= 11 is 0. The van der Waals surface area contributed by atoms with Crippen LogP contribution in [0.3, 0.4) is 0 Å². The predicted octanol–water partition coefficient (Wildman–Crippen LogP) is 8.15. The highest BCUT2D eigenvalue weighted by molar-refractivity contribution is 5.69. The van der Waals surface area contributed by atoms with Crippen LogP contribution in [-0.2, 0) is 11.2 Å². The van der Waals surface area contributed by atoms with Gasteiger partial charge in [-0.15, -0.1) is 0 Å². The third-order valence-corrected chi connectivity index (χ3v) is 6.67. The van der Waals surface area contributed by atoms with E-state index in [2.05, 4.69) is 43.3 Å². The molecule has 3 nitrogen and oxygen atoms in total. The van der Waals surface area contributed by atoms with Gasteiger partial charge in [-0.2, -0.15) is 0 Å². The first-order chi connectivity index (χ1) is 16.1. The van der Waals surface area contributed by atoms with Crippen LogP contribution < -0.4 is 4.74 Å². The van der Waals surface area contributed by atoms with Crippen LogP contribution in [0.2, 0.25) is 0 Å². The number of aliphatic carboxylic acids is 1. The Morgan fingerprint density at radius 1 is 0.818 bits per heavy atom. The van der Waals surface area contributed by atoms with E-state index in [-0.39, 0.29) is 6.42 Å². The van der Waals surface area contributed by atoms with E-state index < -0.39 is 5.97 Å². The van der Waals surface area contributed by atoms with Crippen LogP contribution in [0.1, 0.15) is 93.7 Å². The Labute approximate surface area is 199 Å². The summed E-state index contributed by atoms with van der Waals surface area (Å²) in [5, 5.41) is 8.82. The smallest absolute Gasteiger partial charge is 0.303 e. The topological polar surface area (TPSA) is 46.5 Å². The van der Waals surface area contributed by atoms with Crippen LogP contribution in [0.15, 0.2) is 54.1 Å². The Balaban J connectivity index is 1.72. The third kappa shape index (κ3) is 9.07. The summed E-state index contributed by atoms with van der Waals surface area (Å²) in [6, 6.07) is 17.2. The molecule has 0 spiro atoms. The Bertz CT molecular complexity index is 878. The van der Waals surface area contributed by atoms with Gasteiger partial charge in [0.15, 0.2) is 0 Å². The molecular formula is C30H40O3. The second-order valence-electron chi connectivity index (χ2n) is 9.46. The van der Waals surface area contributed by atoms with Gasteiger partial charge < -0.3 is 9.84 Å². The van der Waals surface area contributed by atoms with E-state index in [1.807, 2.05) is 12.1 Å². The van der Waals surface area contributed by atoms with Crippen molar-refractivity contribution in [2.24, 2.45) is 0 Å². The van der Waals surface area contributed by atoms with Crippen LogP contribution in [0.5, 0.6) is 5.75 Å². The maximum Gasteiger partial charge on any atom is 0.303 e. The van der Waals surface area contributed by atoms with Crippen molar-refractivity contribution in [2.75, 3.05) is 6.61 Å². The number of hydrogen-bond acceptors (Lipinski definition) is 2. The van der Waals surface area contributed by atoms with E-state index in [0.29, 0.717) is 13.0 Å². The van der Waals surface area contributed by atoms with Gasteiger partial charge in [-0.25, -0.2) is 0 Å². The van der Waals surface area contributed by atoms with Gasteiger partial charge in [0.1, 0.15) is 12.4 Å². The Morgan fingerprint density at radius 3 is 2.06 bits per heavy atom. The van der Waals surface area contributed by atoms with Gasteiger partial charge in [-0.3, -0.25) is 4.79 Å². The van der Waals surface area contributed by atoms with Gasteiger partial charge in [-0.1, -0.05) is 80.5 Å². The molecule has 0 atom stereocenters. The quantitative estimate of drug-likeness (QED) is 0.443. The number of allylic oxidation sites excluding steroid dienone is 1. The molecule has 0 bridgehead atoms. The van der Waals surface area contributed by atoms with E-state index in [9.17, 15) is 4.79 Å². The number of aryl methyl sites for hydroxylation is 2. The Morgan fingerprint density at radius 2 is 1.42 bits per heavy atom. The molecule has 2 aromatic carbocycles. The first-order valence-corrected chi connectivity index (χ1v) is 12.8. The van der Waals surface area contributed by atoms with E-state index in [1.165, 1.54) is 73.6 Å². The van der Waals surface area contributed by atoms with Gasteiger partial charge in [-0.05, 0) is 79.9 Å². The minimum absolute atomic E-state index is 0.216. The molecule has 1 aliphatic rings. The van der Waals surface area contributed by atoms with Crippen molar-refractivity contribution in [3.8, 4) is 5.75 Å². The molecule has 2 aromatic rings. The number of ether oxygens (including phenoxy) is 1. The fraction of sp³-hybridized carbons (Fsp3) is 0.500. The third-order valence-electron chi connectivity index (χ3n) is 6.67. The summed E-state index contributed by atoms with van der Waals surface area (Å²) in [6.07, 6.45) is 14.5. The summed E-state index contributed by atoms with van der Waals surface area (Å²) in [5.74, 6) is 0.156. The number of carbonyl (C=O) groups is 1. The van der Waals surface area contributed by atoms with E-state index in [1.54, 1.807) is 0 Å². The lowest BCUT2D eigenvalue weighted by Crippen LogP contribution is -2.06. The van der Waals surface area contributed by atoms with Crippen molar-refractivity contribution in [3.05, 3.63) is 70.8 Å². The molecule has 0 saturated heterocycles. The van der Waals surface area contributed by atoms with Crippen molar-refractivity contribution in [3.63, 3.8) is 0 Å². The van der Waals surface area contributed by atoms with Crippen molar-refractivity contribution in [1.29, 1.82) is 0 Å². The number of benzene rings is 2. The molecule has 0 fully saturated rings. The highest BCUT2D eigenvalue weighted by atomic mass is 16.5. The molecule has 0 aromatic heterocycles. The van der Waals surface area contributed by atoms with Crippen LogP contribution in [0.4, 0.5) is 0 Å². The summed E-state index contributed by atoms with van der Waals surface area (Å²) in [5.41, 5.74) is 6.75. The molecule has 0 heterocycles. The zero-order chi connectivity index (χ0) is 23.3. The molecule has 33 heavy (non-hydrogen) atoms. The lowest BCUT2D eigenvalue weighted by molar-refractivity contribution is -0.137. The van der Waals surface area contributed by atoms with E-state index in [4.69, 9.17) is 9.84 Å². The summed E-state index contributed by atoms with van der Waals surface area (Å²) in [4.78, 5) is 10.7. The number of hydrogen-bond donors (Lipinski definition) is 1. The average molecular weight is 449 g/mol. The molecule has 178 valence electrons. The van der Waals surface area contributed by atoms with Gasteiger partial charge in [0.05, 0.1) is 0 Å². The average Bonchev–Trinajstić information content (AvgIpc) is 2.80. The molecule has 0 amide bonds. The van der Waals surface area contributed by atoms with Crippen molar-refractivity contribution >= 4 is 11.5 Å². The highest BCUT2D eigenvalue weighted by Crippen LogP contribution is 2.30. The van der Waals surface area contributed by atoms with E-state index >= 15 is 0 Å². The molecule has 1 N–H and O–H groups in total. The SMILES string of the molecule is Cc1ccc(/C2=C(/COc3ccc(CCCC(=O)O)cc3)CCCCCCCCCC2)cc1. The summed E-state index contributed by atoms with van der Waals surface area (Å²) < 4.78 is 6.29. The zero-order valence-corrected chi connectivity index (χ0v) is 20.3.